The van der Waals surface area contributed by atoms with Gasteiger partial charge in [-0.05, 0) is 92.3 Å². The number of rotatable bonds is 6. The number of nitrogens with zero attached hydrogens (tertiary/aromatic N) is 5. The van der Waals surface area contributed by atoms with Crippen molar-refractivity contribution in [2.45, 2.75) is 0 Å². The van der Waals surface area contributed by atoms with Crippen molar-refractivity contribution in [3.63, 3.8) is 0 Å². The normalized spacial score (nSPS) is 11.8. The number of hydrogen-bond donors (Lipinski definition) is 0. The van der Waals surface area contributed by atoms with Crippen LogP contribution in [0.25, 0.3) is 122 Å². The zero-order valence-corrected chi connectivity index (χ0v) is 34.6. The molecule has 0 aliphatic rings. The van der Waals surface area contributed by atoms with Crippen molar-refractivity contribution >= 4 is 65.2 Å². The molecular formula is C59H37N5. The van der Waals surface area contributed by atoms with Gasteiger partial charge in [0.2, 0.25) is 5.95 Å². The highest BCUT2D eigenvalue weighted by atomic mass is 15.2. The third-order valence-electron chi connectivity index (χ3n) is 12.8. The summed E-state index contributed by atoms with van der Waals surface area (Å²) >= 11 is 0. The molecule has 0 unspecified atom stereocenters. The van der Waals surface area contributed by atoms with Crippen molar-refractivity contribution in [1.82, 2.24) is 24.1 Å². The first kappa shape index (κ1) is 36.0. The molecule has 0 saturated carbocycles. The quantitative estimate of drug-likeness (QED) is 0.168. The number of aromatic nitrogens is 5. The van der Waals surface area contributed by atoms with Gasteiger partial charge >= 0.3 is 0 Å². The zero-order chi connectivity index (χ0) is 42.1. The van der Waals surface area contributed by atoms with Crippen molar-refractivity contribution in [2.75, 3.05) is 0 Å². The molecule has 0 saturated heterocycles. The molecule has 0 aliphatic heterocycles. The van der Waals surface area contributed by atoms with E-state index in [4.69, 9.17) is 15.0 Å². The van der Waals surface area contributed by atoms with Crippen LogP contribution in [-0.2, 0) is 0 Å². The van der Waals surface area contributed by atoms with Gasteiger partial charge in [-0.1, -0.05) is 176 Å². The molecular weight excluding hydrogens is 779 g/mol. The monoisotopic (exact) mass is 815 g/mol. The molecule has 0 bridgehead atoms. The van der Waals surface area contributed by atoms with Crippen LogP contribution in [0.15, 0.2) is 224 Å². The highest BCUT2D eigenvalue weighted by Crippen LogP contribution is 2.39. The smallest absolute Gasteiger partial charge is 0.238 e. The van der Waals surface area contributed by atoms with Gasteiger partial charge < -0.3 is 4.57 Å². The van der Waals surface area contributed by atoms with E-state index in [1.807, 2.05) is 0 Å². The molecule has 0 atom stereocenters. The Morgan fingerprint density at radius 2 is 0.688 bits per heavy atom. The summed E-state index contributed by atoms with van der Waals surface area (Å²) in [6.07, 6.45) is 0. The Labute approximate surface area is 368 Å². The molecule has 10 aromatic carbocycles. The Kier molecular flexibility index (Phi) is 8.15. The summed E-state index contributed by atoms with van der Waals surface area (Å²) in [5, 5.41) is 9.18. The summed E-state index contributed by atoms with van der Waals surface area (Å²) in [6.45, 7) is 0. The lowest BCUT2D eigenvalue weighted by molar-refractivity contribution is 0.955. The van der Waals surface area contributed by atoms with Crippen LogP contribution < -0.4 is 0 Å². The van der Waals surface area contributed by atoms with E-state index in [1.165, 1.54) is 32.9 Å². The maximum absolute atomic E-state index is 5.33. The first-order chi connectivity index (χ1) is 31.7. The molecule has 3 heterocycles. The van der Waals surface area contributed by atoms with Gasteiger partial charge in [0.1, 0.15) is 0 Å². The number of hydrogen-bond acceptors (Lipinski definition) is 3. The summed E-state index contributed by atoms with van der Waals surface area (Å²) in [4.78, 5) is 15.9. The molecule has 0 amide bonds. The molecule has 298 valence electrons. The zero-order valence-electron chi connectivity index (χ0n) is 34.6. The minimum atomic E-state index is 0.575. The van der Waals surface area contributed by atoms with E-state index in [1.54, 1.807) is 0 Å². The van der Waals surface area contributed by atoms with Gasteiger partial charge in [-0.15, -0.1) is 0 Å². The van der Waals surface area contributed by atoms with Gasteiger partial charge in [-0.2, -0.15) is 9.97 Å². The average molecular weight is 816 g/mol. The van der Waals surface area contributed by atoms with Crippen LogP contribution in [0.1, 0.15) is 0 Å². The second-order valence-corrected chi connectivity index (χ2v) is 16.4. The minimum absolute atomic E-state index is 0.575. The SMILES string of the molecule is c1ccc(-c2ccc(-n3c4ccccc4c4cc(-c5ccc6c(c5)c5ccccc5n6-c5nc(-c6cccc7ccccc67)nc(-c6cccc7ccccc67)n5)ccc43)cc2)cc1. The molecule has 0 radical (unpaired) electrons. The van der Waals surface area contributed by atoms with Crippen LogP contribution in [0, 0.1) is 0 Å². The molecule has 5 nitrogen and oxygen atoms in total. The highest BCUT2D eigenvalue weighted by Gasteiger charge is 2.21. The van der Waals surface area contributed by atoms with E-state index in [-0.39, 0.29) is 0 Å². The number of para-hydroxylation sites is 2. The highest BCUT2D eigenvalue weighted by molar-refractivity contribution is 6.13. The summed E-state index contributed by atoms with van der Waals surface area (Å²) < 4.78 is 4.59. The molecule has 0 fully saturated rings. The van der Waals surface area contributed by atoms with E-state index in [2.05, 4.69) is 234 Å². The molecule has 0 N–H and O–H groups in total. The van der Waals surface area contributed by atoms with E-state index in [0.717, 1.165) is 71.3 Å². The third kappa shape index (κ3) is 5.75. The fourth-order valence-electron chi connectivity index (χ4n) is 9.78. The lowest BCUT2D eigenvalue weighted by atomic mass is 10.0. The fraction of sp³-hybridized carbons (Fsp3) is 0. The summed E-state index contributed by atoms with van der Waals surface area (Å²) in [6, 6.07) is 79.9. The van der Waals surface area contributed by atoms with Gasteiger partial charge in [-0.3, -0.25) is 4.57 Å². The van der Waals surface area contributed by atoms with Crippen LogP contribution in [0.2, 0.25) is 0 Å². The predicted octanol–water partition coefficient (Wildman–Crippen LogP) is 15.0. The first-order valence-electron chi connectivity index (χ1n) is 21.7. The minimum Gasteiger partial charge on any atom is -0.309 e. The first-order valence-corrected chi connectivity index (χ1v) is 21.7. The van der Waals surface area contributed by atoms with Gasteiger partial charge in [-0.25, -0.2) is 4.98 Å². The Balaban J connectivity index is 0.980. The fourth-order valence-corrected chi connectivity index (χ4v) is 9.78. The standard InChI is InChI=1S/C59H37N5/c1-2-14-38(15-3-1)39-28-32-44(33-29-39)63-53-26-10-8-22-47(53)51-36-42(30-34-55(51)63)43-31-35-56-52(37-43)48-23-9-11-27-54(48)64(56)59-61-57(49-24-12-18-40-16-4-6-20-45(40)49)60-58(62-59)50-25-13-19-41-17-5-7-21-46(41)50/h1-37H. The Morgan fingerprint density at radius 1 is 0.266 bits per heavy atom. The van der Waals surface area contributed by atoms with Crippen molar-refractivity contribution in [3.8, 4) is 56.7 Å². The second-order valence-electron chi connectivity index (χ2n) is 16.4. The largest absolute Gasteiger partial charge is 0.309 e. The van der Waals surface area contributed by atoms with Gasteiger partial charge in [0, 0.05) is 38.4 Å². The van der Waals surface area contributed by atoms with Crippen molar-refractivity contribution in [3.05, 3.63) is 224 Å². The maximum atomic E-state index is 5.33. The average Bonchev–Trinajstić information content (AvgIpc) is 3.88. The van der Waals surface area contributed by atoms with E-state index in [9.17, 15) is 0 Å². The second kappa shape index (κ2) is 14.5. The maximum Gasteiger partial charge on any atom is 0.238 e. The summed E-state index contributed by atoms with van der Waals surface area (Å²) in [5.74, 6) is 1.84. The summed E-state index contributed by atoms with van der Waals surface area (Å²) in [7, 11) is 0. The van der Waals surface area contributed by atoms with Crippen molar-refractivity contribution < 1.29 is 0 Å². The Hall–Kier alpha value is -8.67. The molecule has 13 aromatic rings. The molecule has 13 rings (SSSR count). The van der Waals surface area contributed by atoms with Crippen LogP contribution in [-0.4, -0.2) is 24.1 Å². The molecule has 0 spiro atoms. The van der Waals surface area contributed by atoms with Crippen LogP contribution in [0.4, 0.5) is 0 Å². The molecule has 0 aliphatic carbocycles. The van der Waals surface area contributed by atoms with E-state index in [0.29, 0.717) is 17.6 Å². The molecule has 3 aromatic heterocycles. The lowest BCUT2D eigenvalue weighted by Crippen LogP contribution is -2.06. The van der Waals surface area contributed by atoms with Crippen molar-refractivity contribution in [1.29, 1.82) is 0 Å². The summed E-state index contributed by atoms with van der Waals surface area (Å²) in [5.41, 5.74) is 12.2. The molecule has 5 heteroatoms. The van der Waals surface area contributed by atoms with Crippen LogP contribution in [0.3, 0.4) is 0 Å². The predicted molar refractivity (Wildman–Crippen MR) is 265 cm³/mol. The Bertz CT molecular complexity index is 3850. The van der Waals surface area contributed by atoms with Gasteiger partial charge in [0.25, 0.3) is 0 Å². The Morgan fingerprint density at radius 3 is 1.27 bits per heavy atom. The van der Waals surface area contributed by atoms with E-state index < -0.39 is 0 Å². The molecule has 64 heavy (non-hydrogen) atoms. The lowest BCUT2D eigenvalue weighted by Gasteiger charge is -2.13. The van der Waals surface area contributed by atoms with Crippen LogP contribution in [0.5, 0.6) is 0 Å². The van der Waals surface area contributed by atoms with Gasteiger partial charge in [0.05, 0.1) is 22.1 Å². The third-order valence-corrected chi connectivity index (χ3v) is 12.8. The van der Waals surface area contributed by atoms with Crippen molar-refractivity contribution in [2.24, 2.45) is 0 Å². The van der Waals surface area contributed by atoms with Gasteiger partial charge in [0.15, 0.2) is 11.6 Å². The van der Waals surface area contributed by atoms with Crippen LogP contribution >= 0.6 is 0 Å². The van der Waals surface area contributed by atoms with E-state index >= 15 is 0 Å². The number of fused-ring (bicyclic) bond motifs is 8. The topological polar surface area (TPSA) is 48.5 Å². The number of benzene rings is 10.